The van der Waals surface area contributed by atoms with E-state index in [4.69, 9.17) is 0 Å². The van der Waals surface area contributed by atoms with Crippen LogP contribution in [0, 0.1) is 6.92 Å². The lowest BCUT2D eigenvalue weighted by Crippen LogP contribution is -2.33. The fourth-order valence-electron chi connectivity index (χ4n) is 3.56. The third-order valence-electron chi connectivity index (χ3n) is 5.39. The number of nitrogens with zero attached hydrogens (tertiary/aromatic N) is 2. The Kier molecular flexibility index (Phi) is 6.59. The zero-order chi connectivity index (χ0) is 21.0. The second-order valence-electron chi connectivity index (χ2n) is 7.62. The van der Waals surface area contributed by atoms with Crippen LogP contribution in [0.25, 0.3) is 0 Å². The van der Waals surface area contributed by atoms with Gasteiger partial charge in [-0.05, 0) is 55.5 Å². The first-order valence-electron chi connectivity index (χ1n) is 9.95. The van der Waals surface area contributed by atoms with Gasteiger partial charge in [0.15, 0.2) is 0 Å². The van der Waals surface area contributed by atoms with Crippen molar-refractivity contribution in [3.05, 3.63) is 59.2 Å². The lowest BCUT2D eigenvalue weighted by atomic mass is 10.1. The van der Waals surface area contributed by atoms with Crippen molar-refractivity contribution in [2.75, 3.05) is 32.1 Å². The van der Waals surface area contributed by atoms with Gasteiger partial charge in [0.1, 0.15) is 0 Å². The summed E-state index contributed by atoms with van der Waals surface area (Å²) in [6.07, 6.45) is 3.32. The lowest BCUT2D eigenvalue weighted by Gasteiger charge is -2.30. The zero-order valence-corrected chi connectivity index (χ0v) is 18.1. The first kappa shape index (κ1) is 21.3. The molecule has 1 aliphatic rings. The molecule has 1 aliphatic heterocycles. The van der Waals surface area contributed by atoms with Crippen molar-refractivity contribution < 1.29 is 13.2 Å². The second-order valence-corrected chi connectivity index (χ2v) is 9.78. The van der Waals surface area contributed by atoms with Gasteiger partial charge < -0.3 is 10.2 Å². The SMILES string of the molecule is Cc1ccccc1CNC(=O)c1cc(S(=O)(=O)N(C)C)ccc1N1CCCCC1. The van der Waals surface area contributed by atoms with Crippen LogP contribution < -0.4 is 10.2 Å². The van der Waals surface area contributed by atoms with E-state index in [1.165, 1.54) is 26.6 Å². The molecule has 0 unspecified atom stereocenters. The Morgan fingerprint density at radius 2 is 1.76 bits per heavy atom. The molecule has 0 bridgehead atoms. The number of piperidine rings is 1. The smallest absolute Gasteiger partial charge is 0.253 e. The van der Waals surface area contributed by atoms with Gasteiger partial charge in [0.25, 0.3) is 5.91 Å². The summed E-state index contributed by atoms with van der Waals surface area (Å²) in [5, 5.41) is 2.97. The van der Waals surface area contributed by atoms with E-state index in [1.807, 2.05) is 31.2 Å². The number of amides is 1. The van der Waals surface area contributed by atoms with Crippen LogP contribution in [0.15, 0.2) is 47.4 Å². The number of nitrogens with one attached hydrogen (secondary N) is 1. The molecule has 0 saturated carbocycles. The summed E-state index contributed by atoms with van der Waals surface area (Å²) in [4.78, 5) is 15.4. The molecule has 2 aromatic rings. The van der Waals surface area contributed by atoms with Crippen molar-refractivity contribution in [3.63, 3.8) is 0 Å². The highest BCUT2D eigenvalue weighted by Crippen LogP contribution is 2.28. The summed E-state index contributed by atoms with van der Waals surface area (Å²) in [7, 11) is -0.636. The minimum atomic E-state index is -3.62. The van der Waals surface area contributed by atoms with Gasteiger partial charge in [-0.1, -0.05) is 24.3 Å². The molecule has 1 heterocycles. The summed E-state index contributed by atoms with van der Waals surface area (Å²) < 4.78 is 26.4. The Balaban J connectivity index is 1.94. The average Bonchev–Trinajstić information content (AvgIpc) is 2.73. The standard InChI is InChI=1S/C22H29N3O3S/c1-17-9-5-6-10-18(17)16-23-22(26)20-15-19(29(27,28)24(2)3)11-12-21(20)25-13-7-4-8-14-25/h5-6,9-12,15H,4,7-8,13-14,16H2,1-3H3,(H,23,26). The molecule has 3 rings (SSSR count). The van der Waals surface area contributed by atoms with Crippen molar-refractivity contribution in [2.24, 2.45) is 0 Å². The summed E-state index contributed by atoms with van der Waals surface area (Å²) in [5.74, 6) is -0.260. The van der Waals surface area contributed by atoms with E-state index < -0.39 is 10.0 Å². The third-order valence-corrected chi connectivity index (χ3v) is 7.20. The van der Waals surface area contributed by atoms with Gasteiger partial charge in [-0.2, -0.15) is 0 Å². The number of sulfonamides is 1. The molecule has 2 aromatic carbocycles. The predicted octanol–water partition coefficient (Wildman–Crippen LogP) is 3.17. The number of benzene rings is 2. The maximum atomic E-state index is 13.1. The average molecular weight is 416 g/mol. The molecule has 1 saturated heterocycles. The first-order chi connectivity index (χ1) is 13.8. The minimum absolute atomic E-state index is 0.129. The van der Waals surface area contributed by atoms with E-state index in [9.17, 15) is 13.2 Å². The molecule has 0 radical (unpaired) electrons. The van der Waals surface area contributed by atoms with Crippen LogP contribution in [0.1, 0.15) is 40.7 Å². The van der Waals surface area contributed by atoms with Gasteiger partial charge in [-0.3, -0.25) is 4.79 Å². The molecular weight excluding hydrogens is 386 g/mol. The van der Waals surface area contributed by atoms with E-state index in [0.717, 1.165) is 47.1 Å². The van der Waals surface area contributed by atoms with Gasteiger partial charge in [0.2, 0.25) is 10.0 Å². The maximum Gasteiger partial charge on any atom is 0.253 e. The fourth-order valence-corrected chi connectivity index (χ4v) is 4.49. The van der Waals surface area contributed by atoms with Crippen LogP contribution in [0.4, 0.5) is 5.69 Å². The number of hydrogen-bond donors (Lipinski definition) is 1. The van der Waals surface area contributed by atoms with Gasteiger partial charge in [-0.25, -0.2) is 12.7 Å². The summed E-state index contributed by atoms with van der Waals surface area (Å²) >= 11 is 0. The highest BCUT2D eigenvalue weighted by atomic mass is 32.2. The molecule has 6 nitrogen and oxygen atoms in total. The fraction of sp³-hybridized carbons (Fsp3) is 0.409. The number of carbonyl (C=O) groups excluding carboxylic acids is 1. The van der Waals surface area contributed by atoms with Gasteiger partial charge in [0.05, 0.1) is 10.5 Å². The van der Waals surface area contributed by atoms with Crippen LogP contribution in [-0.4, -0.2) is 45.8 Å². The Labute approximate surface area is 173 Å². The Hall–Kier alpha value is -2.38. The van der Waals surface area contributed by atoms with Crippen molar-refractivity contribution >= 4 is 21.6 Å². The molecule has 0 aliphatic carbocycles. The topological polar surface area (TPSA) is 69.7 Å². The summed E-state index contributed by atoms with van der Waals surface area (Å²) in [6.45, 7) is 4.15. The van der Waals surface area contributed by atoms with Crippen molar-refractivity contribution in [2.45, 2.75) is 37.6 Å². The van der Waals surface area contributed by atoms with Gasteiger partial charge in [-0.15, -0.1) is 0 Å². The van der Waals surface area contributed by atoms with E-state index in [0.29, 0.717) is 12.1 Å². The van der Waals surface area contributed by atoms with E-state index in [2.05, 4.69) is 10.2 Å². The van der Waals surface area contributed by atoms with Gasteiger partial charge >= 0.3 is 0 Å². The van der Waals surface area contributed by atoms with Crippen LogP contribution in [0.2, 0.25) is 0 Å². The molecule has 29 heavy (non-hydrogen) atoms. The monoisotopic (exact) mass is 415 g/mol. The molecule has 1 fully saturated rings. The normalized spacial score (nSPS) is 14.8. The zero-order valence-electron chi connectivity index (χ0n) is 17.3. The Morgan fingerprint density at radius 1 is 1.07 bits per heavy atom. The molecular formula is C22H29N3O3S. The Morgan fingerprint density at radius 3 is 2.41 bits per heavy atom. The predicted molar refractivity (Wildman–Crippen MR) is 116 cm³/mol. The number of carbonyl (C=O) groups is 1. The van der Waals surface area contributed by atoms with Crippen LogP contribution in [0.5, 0.6) is 0 Å². The second kappa shape index (κ2) is 8.97. The quantitative estimate of drug-likeness (QED) is 0.787. The van der Waals surface area contributed by atoms with Crippen LogP contribution in [-0.2, 0) is 16.6 Å². The first-order valence-corrected chi connectivity index (χ1v) is 11.4. The summed E-state index contributed by atoms with van der Waals surface area (Å²) in [5.41, 5.74) is 3.35. The van der Waals surface area contributed by atoms with E-state index in [1.54, 1.807) is 12.1 Å². The molecule has 0 spiro atoms. The highest BCUT2D eigenvalue weighted by molar-refractivity contribution is 7.89. The maximum absolute atomic E-state index is 13.1. The molecule has 0 aromatic heterocycles. The number of rotatable bonds is 6. The Bertz CT molecular complexity index is 981. The van der Waals surface area contributed by atoms with Crippen molar-refractivity contribution in [1.29, 1.82) is 0 Å². The van der Waals surface area contributed by atoms with E-state index >= 15 is 0 Å². The van der Waals surface area contributed by atoms with Crippen LogP contribution >= 0.6 is 0 Å². The van der Waals surface area contributed by atoms with Crippen LogP contribution in [0.3, 0.4) is 0 Å². The number of hydrogen-bond acceptors (Lipinski definition) is 4. The molecule has 1 amide bonds. The van der Waals surface area contributed by atoms with Crippen molar-refractivity contribution in [3.8, 4) is 0 Å². The third kappa shape index (κ3) is 4.79. The number of anilines is 1. The molecule has 0 atom stereocenters. The highest BCUT2D eigenvalue weighted by Gasteiger charge is 2.24. The lowest BCUT2D eigenvalue weighted by molar-refractivity contribution is 0.0951. The molecule has 156 valence electrons. The minimum Gasteiger partial charge on any atom is -0.371 e. The van der Waals surface area contributed by atoms with E-state index in [-0.39, 0.29) is 10.8 Å². The van der Waals surface area contributed by atoms with Crippen molar-refractivity contribution in [1.82, 2.24) is 9.62 Å². The molecule has 1 N–H and O–H groups in total. The number of aryl methyl sites for hydroxylation is 1. The van der Waals surface area contributed by atoms with Gasteiger partial charge in [0, 0.05) is 39.4 Å². The summed E-state index contributed by atoms with van der Waals surface area (Å²) in [6, 6.07) is 12.8. The largest absolute Gasteiger partial charge is 0.371 e. The molecule has 7 heteroatoms.